The van der Waals surface area contributed by atoms with Gasteiger partial charge in [-0.15, -0.1) is 10.2 Å². The number of aromatic nitrogens is 4. The lowest BCUT2D eigenvalue weighted by Gasteiger charge is -2.24. The zero-order valence-electron chi connectivity index (χ0n) is 15.4. The lowest BCUT2D eigenvalue weighted by molar-refractivity contribution is -0.129. The third kappa shape index (κ3) is 2.40. The van der Waals surface area contributed by atoms with E-state index in [-0.39, 0.29) is 11.3 Å². The van der Waals surface area contributed by atoms with Gasteiger partial charge in [0.2, 0.25) is 17.7 Å². The number of amides is 1. The van der Waals surface area contributed by atoms with Crippen LogP contribution in [0, 0.1) is 12.8 Å². The summed E-state index contributed by atoms with van der Waals surface area (Å²) in [6.45, 7) is 3.52. The molecule has 2 saturated carbocycles. The molecule has 0 radical (unpaired) electrons. The van der Waals surface area contributed by atoms with Crippen molar-refractivity contribution in [3.63, 3.8) is 0 Å². The third-order valence-corrected chi connectivity index (χ3v) is 6.70. The number of carbonyl (C=O) groups excluding carboxylic acids is 1. The molecule has 3 heterocycles. The molecule has 0 aromatic carbocycles. The highest BCUT2D eigenvalue weighted by Crippen LogP contribution is 2.51. The summed E-state index contributed by atoms with van der Waals surface area (Å²) in [4.78, 5) is 14.9. The van der Waals surface area contributed by atoms with Crippen molar-refractivity contribution in [3.05, 3.63) is 29.2 Å². The van der Waals surface area contributed by atoms with Gasteiger partial charge in [-0.3, -0.25) is 9.48 Å². The Labute approximate surface area is 152 Å². The van der Waals surface area contributed by atoms with Crippen molar-refractivity contribution >= 4 is 5.91 Å². The molecule has 0 N–H and O–H groups in total. The van der Waals surface area contributed by atoms with Crippen LogP contribution in [0.3, 0.4) is 0 Å². The summed E-state index contributed by atoms with van der Waals surface area (Å²) in [7, 11) is 1.91. The summed E-state index contributed by atoms with van der Waals surface area (Å²) in [6, 6.07) is 0. The molecule has 1 aliphatic heterocycles. The maximum atomic E-state index is 12.9. The Morgan fingerprint density at radius 1 is 1.35 bits per heavy atom. The molecule has 2 aromatic rings. The summed E-state index contributed by atoms with van der Waals surface area (Å²) < 4.78 is 7.91. The van der Waals surface area contributed by atoms with Crippen molar-refractivity contribution in [2.24, 2.45) is 13.0 Å². The van der Waals surface area contributed by atoms with Crippen LogP contribution >= 0.6 is 0 Å². The molecule has 0 bridgehead atoms. The molecule has 3 aliphatic rings. The molecule has 3 fully saturated rings. The molecule has 2 atom stereocenters. The van der Waals surface area contributed by atoms with Gasteiger partial charge in [-0.1, -0.05) is 6.42 Å². The first-order chi connectivity index (χ1) is 12.6. The average Bonchev–Trinajstić information content (AvgIpc) is 2.96. The van der Waals surface area contributed by atoms with Crippen LogP contribution in [0.4, 0.5) is 0 Å². The van der Waals surface area contributed by atoms with Crippen LogP contribution in [0.5, 0.6) is 0 Å². The van der Waals surface area contributed by atoms with E-state index in [1.165, 1.54) is 6.42 Å². The van der Waals surface area contributed by atoms with Gasteiger partial charge in [-0.25, -0.2) is 0 Å². The van der Waals surface area contributed by atoms with Crippen LogP contribution in [0.15, 0.2) is 10.6 Å². The molecule has 7 nitrogen and oxygen atoms in total. The molecule has 1 saturated heterocycles. The maximum absolute atomic E-state index is 12.9. The summed E-state index contributed by atoms with van der Waals surface area (Å²) in [6.07, 6.45) is 7.89. The zero-order chi connectivity index (χ0) is 17.9. The van der Waals surface area contributed by atoms with Gasteiger partial charge in [-0.05, 0) is 38.5 Å². The van der Waals surface area contributed by atoms with E-state index in [0.717, 1.165) is 55.3 Å². The number of aryl methyl sites for hydroxylation is 1. The van der Waals surface area contributed by atoms with Gasteiger partial charge in [0.1, 0.15) is 0 Å². The summed E-state index contributed by atoms with van der Waals surface area (Å²) in [5, 5.41) is 13.0. The largest absolute Gasteiger partial charge is 0.424 e. The van der Waals surface area contributed by atoms with Crippen LogP contribution < -0.4 is 0 Å². The Balaban J connectivity index is 1.36. The first kappa shape index (κ1) is 16.0. The fraction of sp³-hybridized carbons (Fsp3) is 0.684. The van der Waals surface area contributed by atoms with Crippen molar-refractivity contribution in [2.75, 3.05) is 13.1 Å². The number of nitrogens with zero attached hydrogens (tertiary/aromatic N) is 5. The Morgan fingerprint density at radius 3 is 2.92 bits per heavy atom. The number of hydrogen-bond donors (Lipinski definition) is 0. The van der Waals surface area contributed by atoms with Crippen LogP contribution in [-0.2, 0) is 23.7 Å². The smallest absolute Gasteiger partial charge is 0.227 e. The van der Waals surface area contributed by atoms with E-state index >= 15 is 0 Å². The molecule has 2 aromatic heterocycles. The Kier molecular flexibility index (Phi) is 3.49. The number of hydrogen-bond acceptors (Lipinski definition) is 5. The lowest BCUT2D eigenvalue weighted by Crippen LogP contribution is -2.35. The van der Waals surface area contributed by atoms with Crippen LogP contribution in [0.2, 0.25) is 0 Å². The van der Waals surface area contributed by atoms with E-state index in [9.17, 15) is 4.79 Å². The lowest BCUT2D eigenvalue weighted by atomic mass is 9.80. The summed E-state index contributed by atoms with van der Waals surface area (Å²) in [5.74, 6) is 2.66. The molecule has 0 spiro atoms. The van der Waals surface area contributed by atoms with Crippen molar-refractivity contribution in [1.29, 1.82) is 0 Å². The highest BCUT2D eigenvalue weighted by atomic mass is 16.4. The van der Waals surface area contributed by atoms with Crippen molar-refractivity contribution in [1.82, 2.24) is 24.9 Å². The minimum Gasteiger partial charge on any atom is -0.424 e. The summed E-state index contributed by atoms with van der Waals surface area (Å²) in [5.41, 5.74) is 1.94. The van der Waals surface area contributed by atoms with E-state index in [4.69, 9.17) is 4.42 Å². The number of likely N-dealkylation sites (tertiary alicyclic amines) is 1. The van der Waals surface area contributed by atoms with Gasteiger partial charge < -0.3 is 9.32 Å². The number of rotatable bonds is 4. The molecule has 5 rings (SSSR count). The number of fused-ring (bicyclic) bond motifs is 1. The van der Waals surface area contributed by atoms with Crippen LogP contribution in [0.1, 0.15) is 61.1 Å². The van der Waals surface area contributed by atoms with Gasteiger partial charge in [-0.2, -0.15) is 5.10 Å². The first-order valence-corrected chi connectivity index (χ1v) is 9.66. The topological polar surface area (TPSA) is 77.1 Å². The number of carbonyl (C=O) groups is 1. The first-order valence-electron chi connectivity index (χ1n) is 9.66. The molecule has 7 heteroatoms. The highest BCUT2D eigenvalue weighted by Gasteiger charge is 2.55. The maximum Gasteiger partial charge on any atom is 0.227 e. The summed E-state index contributed by atoms with van der Waals surface area (Å²) >= 11 is 0. The Hall–Kier alpha value is -2.18. The average molecular weight is 355 g/mol. The van der Waals surface area contributed by atoms with Crippen molar-refractivity contribution in [3.8, 4) is 0 Å². The minimum atomic E-state index is -0.125. The second kappa shape index (κ2) is 5.66. The SMILES string of the molecule is Cc1c(CC(=O)N2C[C@@H]3CCC[C@]3(c3nnc(C4CC4)o3)C2)cnn1C. The quantitative estimate of drug-likeness (QED) is 0.839. The second-order valence-electron chi connectivity index (χ2n) is 8.29. The Morgan fingerprint density at radius 2 is 2.19 bits per heavy atom. The minimum absolute atomic E-state index is 0.125. The van der Waals surface area contributed by atoms with Gasteiger partial charge in [0, 0.05) is 37.3 Å². The Bertz CT molecular complexity index is 852. The third-order valence-electron chi connectivity index (χ3n) is 6.70. The fourth-order valence-electron chi connectivity index (χ4n) is 4.75. The molecule has 26 heavy (non-hydrogen) atoms. The van der Waals surface area contributed by atoms with Gasteiger partial charge in [0.25, 0.3) is 0 Å². The molecule has 0 unspecified atom stereocenters. The highest BCUT2D eigenvalue weighted by molar-refractivity contribution is 5.79. The fourth-order valence-corrected chi connectivity index (χ4v) is 4.75. The molecule has 138 valence electrons. The second-order valence-corrected chi connectivity index (χ2v) is 8.29. The van der Waals surface area contributed by atoms with Crippen molar-refractivity contribution < 1.29 is 9.21 Å². The van der Waals surface area contributed by atoms with Gasteiger partial charge >= 0.3 is 0 Å². The van der Waals surface area contributed by atoms with E-state index < -0.39 is 0 Å². The van der Waals surface area contributed by atoms with Crippen LogP contribution in [0.25, 0.3) is 0 Å². The normalized spacial score (nSPS) is 27.9. The zero-order valence-corrected chi connectivity index (χ0v) is 15.4. The molecule has 1 amide bonds. The standard InChI is InChI=1S/C19H25N5O2/c1-12-14(9-20-23(12)2)8-16(25)24-10-15-4-3-7-19(15,11-24)18-22-21-17(26-18)13-5-6-13/h9,13,15H,3-8,10-11H2,1-2H3/t15-,19-/m0/s1. The van der Waals surface area contributed by atoms with Crippen LogP contribution in [-0.4, -0.2) is 43.9 Å². The van der Waals surface area contributed by atoms with Gasteiger partial charge in [0.15, 0.2) is 0 Å². The van der Waals surface area contributed by atoms with E-state index in [0.29, 0.717) is 24.8 Å². The molecular weight excluding hydrogens is 330 g/mol. The predicted octanol–water partition coefficient (Wildman–Crippen LogP) is 2.11. The van der Waals surface area contributed by atoms with Crippen molar-refractivity contribution in [2.45, 2.75) is 56.8 Å². The van der Waals surface area contributed by atoms with Gasteiger partial charge in [0.05, 0.1) is 18.0 Å². The molecular formula is C19H25N5O2. The van der Waals surface area contributed by atoms with E-state index in [1.54, 1.807) is 6.20 Å². The van der Waals surface area contributed by atoms with E-state index in [2.05, 4.69) is 15.3 Å². The monoisotopic (exact) mass is 355 g/mol. The molecule has 2 aliphatic carbocycles. The van der Waals surface area contributed by atoms with E-state index in [1.807, 2.05) is 23.6 Å². The predicted molar refractivity (Wildman–Crippen MR) is 93.5 cm³/mol.